The summed E-state index contributed by atoms with van der Waals surface area (Å²) >= 11 is 0. The number of hydrogen-bond acceptors (Lipinski definition) is 5. The first-order chi connectivity index (χ1) is 10.9. The van der Waals surface area contributed by atoms with Gasteiger partial charge < -0.3 is 4.90 Å². The second-order valence-corrected chi connectivity index (χ2v) is 8.98. The molecule has 1 atom stereocenters. The highest BCUT2D eigenvalue weighted by atomic mass is 32.2. The van der Waals surface area contributed by atoms with Crippen molar-refractivity contribution < 1.29 is 8.42 Å². The number of rotatable bonds is 4. The van der Waals surface area contributed by atoms with Gasteiger partial charge in [0.15, 0.2) is 0 Å². The maximum Gasteiger partial charge on any atom is 0.217 e. The van der Waals surface area contributed by atoms with Gasteiger partial charge >= 0.3 is 0 Å². The third-order valence-electron chi connectivity index (χ3n) is 4.90. The second-order valence-electron chi connectivity index (χ2n) is 6.81. The predicted molar refractivity (Wildman–Crippen MR) is 91.0 cm³/mol. The lowest BCUT2D eigenvalue weighted by Gasteiger charge is -2.27. The van der Waals surface area contributed by atoms with Crippen LogP contribution in [0.3, 0.4) is 0 Å². The zero-order valence-electron chi connectivity index (χ0n) is 14.2. The van der Waals surface area contributed by atoms with Crippen LogP contribution in [-0.4, -0.2) is 48.6 Å². The number of anilines is 1. The molecule has 0 radical (unpaired) electrons. The Morgan fingerprint density at radius 3 is 2.48 bits per heavy atom. The van der Waals surface area contributed by atoms with Crippen molar-refractivity contribution in [1.29, 1.82) is 0 Å². The van der Waals surface area contributed by atoms with Crippen molar-refractivity contribution in [3.63, 3.8) is 0 Å². The van der Waals surface area contributed by atoms with Gasteiger partial charge in [0.1, 0.15) is 11.6 Å². The summed E-state index contributed by atoms with van der Waals surface area (Å²) in [6.45, 7) is 2.48. The molecule has 0 spiro atoms. The Morgan fingerprint density at radius 2 is 1.83 bits per heavy atom. The van der Waals surface area contributed by atoms with E-state index in [4.69, 9.17) is 0 Å². The zero-order chi connectivity index (χ0) is 16.6. The van der Waals surface area contributed by atoms with Crippen LogP contribution >= 0.6 is 0 Å². The molecule has 0 unspecified atom stereocenters. The molecular weight excluding hydrogens is 312 g/mol. The lowest BCUT2D eigenvalue weighted by molar-refractivity contribution is 0.382. The van der Waals surface area contributed by atoms with Crippen molar-refractivity contribution in [3.8, 4) is 0 Å². The third-order valence-corrected chi connectivity index (χ3v) is 7.30. The van der Waals surface area contributed by atoms with Gasteiger partial charge in [-0.05, 0) is 32.6 Å². The molecule has 0 N–H and O–H groups in total. The fourth-order valence-corrected chi connectivity index (χ4v) is 5.96. The number of nitrogens with zero attached hydrogens (tertiary/aromatic N) is 4. The topological polar surface area (TPSA) is 66.4 Å². The molecule has 1 aromatic heterocycles. The van der Waals surface area contributed by atoms with Crippen molar-refractivity contribution in [2.75, 3.05) is 25.5 Å². The van der Waals surface area contributed by atoms with Crippen LogP contribution in [0.2, 0.25) is 0 Å². The molecular formula is C16H26N4O2S. The summed E-state index contributed by atoms with van der Waals surface area (Å²) in [5.41, 5.74) is 0.834. The van der Waals surface area contributed by atoms with Gasteiger partial charge in [-0.1, -0.05) is 12.8 Å². The Kier molecular flexibility index (Phi) is 4.60. The fourth-order valence-electron chi connectivity index (χ4n) is 3.69. The van der Waals surface area contributed by atoms with Crippen LogP contribution in [-0.2, 0) is 10.0 Å². The van der Waals surface area contributed by atoms with Gasteiger partial charge in [-0.15, -0.1) is 0 Å². The molecule has 2 aliphatic rings. The van der Waals surface area contributed by atoms with Gasteiger partial charge in [-0.25, -0.2) is 18.4 Å². The summed E-state index contributed by atoms with van der Waals surface area (Å²) in [4.78, 5) is 10.9. The number of aryl methyl sites for hydroxylation is 1. The van der Waals surface area contributed by atoms with Gasteiger partial charge in [0.05, 0.1) is 17.0 Å². The SMILES string of the molecule is Cc1nc([C@H]2CCCN2S(=O)(=O)C2CCCC2)cc(N(C)C)n1. The summed E-state index contributed by atoms with van der Waals surface area (Å²) in [5.74, 6) is 1.52. The molecule has 1 saturated carbocycles. The molecule has 0 bridgehead atoms. The number of sulfonamides is 1. The zero-order valence-corrected chi connectivity index (χ0v) is 15.0. The van der Waals surface area contributed by atoms with E-state index in [1.807, 2.05) is 32.0 Å². The fraction of sp³-hybridized carbons (Fsp3) is 0.750. The Morgan fingerprint density at radius 1 is 1.13 bits per heavy atom. The molecule has 0 amide bonds. The highest BCUT2D eigenvalue weighted by Crippen LogP contribution is 2.38. The maximum absolute atomic E-state index is 13.0. The highest BCUT2D eigenvalue weighted by Gasteiger charge is 2.41. The summed E-state index contributed by atoms with van der Waals surface area (Å²) in [6.07, 6.45) is 5.40. The van der Waals surface area contributed by atoms with E-state index in [0.717, 1.165) is 50.0 Å². The van der Waals surface area contributed by atoms with Gasteiger partial charge in [0.2, 0.25) is 10.0 Å². The van der Waals surface area contributed by atoms with Crippen LogP contribution in [0.25, 0.3) is 0 Å². The van der Waals surface area contributed by atoms with Crippen molar-refractivity contribution in [2.24, 2.45) is 0 Å². The summed E-state index contributed by atoms with van der Waals surface area (Å²) in [7, 11) is 0.653. The Labute approximate surface area is 139 Å². The molecule has 1 aromatic rings. The minimum Gasteiger partial charge on any atom is -0.363 e. The minimum atomic E-state index is -3.22. The molecule has 0 aromatic carbocycles. The first kappa shape index (κ1) is 16.6. The summed E-state index contributed by atoms with van der Waals surface area (Å²) in [5, 5.41) is -0.195. The largest absolute Gasteiger partial charge is 0.363 e. The van der Waals surface area contributed by atoms with Crippen LogP contribution in [0.1, 0.15) is 56.1 Å². The number of hydrogen-bond donors (Lipinski definition) is 0. The molecule has 1 saturated heterocycles. The number of aromatic nitrogens is 2. The first-order valence-electron chi connectivity index (χ1n) is 8.43. The Bertz CT molecular complexity index is 669. The average molecular weight is 338 g/mol. The van der Waals surface area contributed by atoms with Crippen LogP contribution in [0.5, 0.6) is 0 Å². The minimum absolute atomic E-state index is 0.138. The standard InChI is InChI=1S/C16H26N4O2S/c1-12-17-14(11-16(18-12)19(2)3)15-9-6-10-20(15)23(21,22)13-7-4-5-8-13/h11,13,15H,4-10H2,1-3H3/t15-/m1/s1. The second kappa shape index (κ2) is 6.36. The van der Waals surface area contributed by atoms with Gasteiger partial charge in [0, 0.05) is 26.7 Å². The molecule has 6 nitrogen and oxygen atoms in total. The van der Waals surface area contributed by atoms with E-state index >= 15 is 0 Å². The summed E-state index contributed by atoms with van der Waals surface area (Å²) < 4.78 is 27.7. The third kappa shape index (κ3) is 3.21. The normalized spacial score (nSPS) is 23.5. The average Bonchev–Trinajstić information content (AvgIpc) is 3.18. The van der Waals surface area contributed by atoms with Crippen molar-refractivity contribution in [1.82, 2.24) is 14.3 Å². The molecule has 1 aliphatic heterocycles. The summed E-state index contributed by atoms with van der Waals surface area (Å²) in [6, 6.07) is 1.79. The van der Waals surface area contributed by atoms with E-state index in [9.17, 15) is 8.42 Å². The highest BCUT2D eigenvalue weighted by molar-refractivity contribution is 7.89. The molecule has 1 aliphatic carbocycles. The van der Waals surface area contributed by atoms with Gasteiger partial charge in [-0.2, -0.15) is 4.31 Å². The molecule has 128 valence electrons. The smallest absolute Gasteiger partial charge is 0.217 e. The van der Waals surface area contributed by atoms with E-state index in [1.165, 1.54) is 0 Å². The molecule has 23 heavy (non-hydrogen) atoms. The van der Waals surface area contributed by atoms with Crippen molar-refractivity contribution >= 4 is 15.8 Å². The molecule has 3 rings (SSSR count). The quantitative estimate of drug-likeness (QED) is 0.842. The Hall–Kier alpha value is -1.21. The van der Waals surface area contributed by atoms with E-state index in [0.29, 0.717) is 12.4 Å². The van der Waals surface area contributed by atoms with Gasteiger partial charge in [-0.3, -0.25) is 0 Å². The maximum atomic E-state index is 13.0. The van der Waals surface area contributed by atoms with E-state index < -0.39 is 10.0 Å². The molecule has 2 heterocycles. The van der Waals surface area contributed by atoms with Crippen molar-refractivity contribution in [2.45, 2.75) is 56.7 Å². The lowest BCUT2D eigenvalue weighted by Crippen LogP contribution is -2.37. The predicted octanol–water partition coefficient (Wildman–Crippen LogP) is 2.26. The van der Waals surface area contributed by atoms with Crippen LogP contribution in [0, 0.1) is 6.92 Å². The van der Waals surface area contributed by atoms with E-state index in [1.54, 1.807) is 4.31 Å². The monoisotopic (exact) mass is 338 g/mol. The first-order valence-corrected chi connectivity index (χ1v) is 9.93. The van der Waals surface area contributed by atoms with Crippen LogP contribution < -0.4 is 4.90 Å². The lowest BCUT2D eigenvalue weighted by atomic mass is 10.1. The van der Waals surface area contributed by atoms with E-state index in [-0.39, 0.29) is 11.3 Å². The van der Waals surface area contributed by atoms with Gasteiger partial charge in [0.25, 0.3) is 0 Å². The van der Waals surface area contributed by atoms with Crippen LogP contribution in [0.15, 0.2) is 6.07 Å². The Balaban J connectivity index is 1.93. The van der Waals surface area contributed by atoms with E-state index in [2.05, 4.69) is 9.97 Å². The molecule has 2 fully saturated rings. The van der Waals surface area contributed by atoms with Crippen LogP contribution in [0.4, 0.5) is 5.82 Å². The molecule has 7 heteroatoms. The van der Waals surface area contributed by atoms with Crippen molar-refractivity contribution in [3.05, 3.63) is 17.6 Å².